The molecule has 0 saturated carbocycles. The highest BCUT2D eigenvalue weighted by molar-refractivity contribution is 7.91. The molecule has 2 aliphatic heterocycles. The summed E-state index contributed by atoms with van der Waals surface area (Å²) in [4.78, 5) is 12.2. The molecule has 0 aromatic heterocycles. The van der Waals surface area contributed by atoms with E-state index < -0.39 is 57.8 Å². The van der Waals surface area contributed by atoms with Crippen molar-refractivity contribution in [3.05, 3.63) is 0 Å². The lowest BCUT2D eigenvalue weighted by atomic mass is 9.98. The molecule has 2 saturated heterocycles. The molecular weight excluding hydrogens is 481 g/mol. The third kappa shape index (κ3) is 4.98. The van der Waals surface area contributed by atoms with Gasteiger partial charge in [0, 0.05) is 45.8 Å². The van der Waals surface area contributed by atoms with Gasteiger partial charge in [-0.15, -0.1) is 0 Å². The average Bonchev–Trinajstić information content (AvgIpc) is 2.72. The second-order valence-electron chi connectivity index (χ2n) is 7.69. The fourth-order valence-corrected chi connectivity index (χ4v) is 5.77. The number of amides is 1. The number of hydrogen-bond donors (Lipinski definition) is 2. The van der Waals surface area contributed by atoms with Crippen LogP contribution in [0, 0.1) is 5.92 Å². The monoisotopic (exact) mass is 504 g/mol. The van der Waals surface area contributed by atoms with Crippen LogP contribution >= 0.6 is 0 Å². The Balaban J connectivity index is 1.95. The molecule has 16 heteroatoms. The van der Waals surface area contributed by atoms with E-state index >= 15 is 0 Å². The van der Waals surface area contributed by atoms with E-state index in [2.05, 4.69) is 4.74 Å². The number of hydrogen-bond acceptors (Lipinski definition) is 6. The second kappa shape index (κ2) is 9.56. The summed E-state index contributed by atoms with van der Waals surface area (Å²) < 4.78 is 123. The fraction of sp³-hybridized carbons (Fsp3) is 0.938. The molecular formula is C16H23F7N2O6S. The zero-order valence-electron chi connectivity index (χ0n) is 16.6. The van der Waals surface area contributed by atoms with Crippen LogP contribution < -0.4 is 5.48 Å². The van der Waals surface area contributed by atoms with Crippen LogP contribution in [-0.2, 0) is 24.3 Å². The van der Waals surface area contributed by atoms with E-state index in [9.17, 15) is 43.9 Å². The van der Waals surface area contributed by atoms with Crippen molar-refractivity contribution in [3.8, 4) is 0 Å². The first kappa shape index (κ1) is 27.0. The van der Waals surface area contributed by atoms with E-state index in [0.717, 1.165) is 4.31 Å². The molecule has 0 aromatic rings. The predicted octanol–water partition coefficient (Wildman–Crippen LogP) is 1.93. The molecule has 0 atom stereocenters. The number of sulfonamides is 1. The molecule has 0 radical (unpaired) electrons. The molecule has 2 heterocycles. The number of alkyl halides is 7. The van der Waals surface area contributed by atoms with Crippen LogP contribution in [0.2, 0.25) is 0 Å². The minimum Gasteiger partial charge on any atom is -0.381 e. The summed E-state index contributed by atoms with van der Waals surface area (Å²) in [5, 5.41) is 9.00. The summed E-state index contributed by atoms with van der Waals surface area (Å²) in [6.45, 7) is -3.12. The lowest BCUT2D eigenvalue weighted by molar-refractivity contribution is -0.361. The number of nitrogens with one attached hydrogen (secondary N) is 1. The third-order valence-electron chi connectivity index (χ3n) is 5.68. The van der Waals surface area contributed by atoms with Gasteiger partial charge >= 0.3 is 18.0 Å². The van der Waals surface area contributed by atoms with Crippen molar-refractivity contribution in [2.24, 2.45) is 5.92 Å². The number of piperidine rings is 1. The zero-order chi connectivity index (χ0) is 24.4. The maximum Gasteiger partial charge on any atom is 0.459 e. The van der Waals surface area contributed by atoms with E-state index in [0.29, 0.717) is 0 Å². The van der Waals surface area contributed by atoms with Crippen LogP contribution in [0.25, 0.3) is 0 Å². The molecule has 0 bridgehead atoms. The number of halogens is 7. The Morgan fingerprint density at radius 2 is 1.62 bits per heavy atom. The molecule has 0 unspecified atom stereocenters. The van der Waals surface area contributed by atoms with Crippen molar-refractivity contribution in [3.63, 3.8) is 0 Å². The number of carbonyl (C=O) groups excluding carboxylic acids is 1. The first-order valence-corrected chi connectivity index (χ1v) is 11.0. The van der Waals surface area contributed by atoms with Gasteiger partial charge in [0.25, 0.3) is 5.91 Å². The lowest BCUT2D eigenvalue weighted by Crippen LogP contribution is -2.60. The van der Waals surface area contributed by atoms with E-state index in [-0.39, 0.29) is 52.0 Å². The Morgan fingerprint density at radius 3 is 2.09 bits per heavy atom. The number of hydroxylamine groups is 1. The van der Waals surface area contributed by atoms with Crippen LogP contribution in [0.3, 0.4) is 0 Å². The summed E-state index contributed by atoms with van der Waals surface area (Å²) in [5.74, 6) is -13.4. The van der Waals surface area contributed by atoms with Gasteiger partial charge in [0.1, 0.15) is 6.61 Å². The summed E-state index contributed by atoms with van der Waals surface area (Å²) in [7, 11) is -4.26. The quantitative estimate of drug-likeness (QED) is 0.298. The third-order valence-corrected chi connectivity index (χ3v) is 8.30. The standard InChI is InChI=1S/C16H23F7N2O6S/c17-14(18,15(19,20)16(21,22)23)10-31-9-11-1-5-25(6-2-11)32(28,29)13(12(26)24-27)3-7-30-8-4-13/h11,27H,1-10H2,(H,24,26). The van der Waals surface area contributed by atoms with Gasteiger partial charge < -0.3 is 9.47 Å². The van der Waals surface area contributed by atoms with Gasteiger partial charge in [0.05, 0.1) is 0 Å². The molecule has 8 nitrogen and oxygen atoms in total. The van der Waals surface area contributed by atoms with Gasteiger partial charge in [-0.25, -0.2) is 18.2 Å². The molecule has 0 spiro atoms. The molecule has 1 amide bonds. The Morgan fingerprint density at radius 1 is 1.09 bits per heavy atom. The molecule has 2 aliphatic rings. The van der Waals surface area contributed by atoms with E-state index in [1.54, 1.807) is 0 Å². The fourth-order valence-electron chi connectivity index (χ4n) is 3.62. The van der Waals surface area contributed by atoms with Gasteiger partial charge in [-0.2, -0.15) is 30.7 Å². The van der Waals surface area contributed by atoms with Crippen molar-refractivity contribution in [1.29, 1.82) is 0 Å². The highest BCUT2D eigenvalue weighted by atomic mass is 32.2. The average molecular weight is 504 g/mol. The summed E-state index contributed by atoms with van der Waals surface area (Å²) >= 11 is 0. The minimum absolute atomic E-state index is 0.0340. The molecule has 32 heavy (non-hydrogen) atoms. The number of carbonyl (C=O) groups is 1. The van der Waals surface area contributed by atoms with Crippen molar-refractivity contribution >= 4 is 15.9 Å². The Kier molecular flexibility index (Phi) is 8.07. The molecule has 0 aliphatic carbocycles. The van der Waals surface area contributed by atoms with Gasteiger partial charge in [-0.3, -0.25) is 10.0 Å². The van der Waals surface area contributed by atoms with E-state index in [4.69, 9.17) is 9.94 Å². The Labute approximate surface area is 179 Å². The maximum absolute atomic E-state index is 13.3. The number of rotatable bonds is 8. The highest BCUT2D eigenvalue weighted by Gasteiger charge is 2.73. The normalized spacial score (nSPS) is 22.0. The van der Waals surface area contributed by atoms with Crippen molar-refractivity contribution in [2.75, 3.05) is 39.5 Å². The summed E-state index contributed by atoms with van der Waals surface area (Å²) in [6.07, 6.45) is -6.78. The van der Waals surface area contributed by atoms with E-state index in [1.165, 1.54) is 5.48 Å². The van der Waals surface area contributed by atoms with Gasteiger partial charge in [0.15, 0.2) is 4.75 Å². The smallest absolute Gasteiger partial charge is 0.381 e. The molecule has 0 aromatic carbocycles. The van der Waals surface area contributed by atoms with Crippen LogP contribution in [0.15, 0.2) is 0 Å². The zero-order valence-corrected chi connectivity index (χ0v) is 17.5. The van der Waals surface area contributed by atoms with Crippen LogP contribution in [-0.4, -0.2) is 86.1 Å². The first-order valence-electron chi connectivity index (χ1n) is 9.54. The van der Waals surface area contributed by atoms with Gasteiger partial charge in [-0.1, -0.05) is 0 Å². The minimum atomic E-state index is -6.44. The van der Waals surface area contributed by atoms with Crippen molar-refractivity contribution < 1.29 is 58.6 Å². The Hall–Kier alpha value is -1.23. The molecule has 188 valence electrons. The van der Waals surface area contributed by atoms with E-state index in [1.807, 2.05) is 0 Å². The number of nitrogens with zero attached hydrogens (tertiary/aromatic N) is 1. The van der Waals surface area contributed by atoms with Crippen molar-refractivity contribution in [1.82, 2.24) is 9.79 Å². The predicted molar refractivity (Wildman–Crippen MR) is 92.7 cm³/mol. The molecule has 2 N–H and O–H groups in total. The van der Waals surface area contributed by atoms with Crippen LogP contribution in [0.1, 0.15) is 25.7 Å². The lowest BCUT2D eigenvalue weighted by Gasteiger charge is -2.40. The first-order chi connectivity index (χ1) is 14.6. The van der Waals surface area contributed by atoms with Crippen LogP contribution in [0.5, 0.6) is 0 Å². The maximum atomic E-state index is 13.3. The SMILES string of the molecule is O=C(NO)C1(S(=O)(=O)N2CCC(COCC(F)(F)C(F)(F)C(F)(F)F)CC2)CCOCC1. The van der Waals surface area contributed by atoms with Crippen LogP contribution in [0.4, 0.5) is 30.7 Å². The summed E-state index contributed by atoms with van der Waals surface area (Å²) in [5.41, 5.74) is 1.36. The largest absolute Gasteiger partial charge is 0.459 e. The highest BCUT2D eigenvalue weighted by Crippen LogP contribution is 2.46. The topological polar surface area (TPSA) is 105 Å². The molecule has 2 fully saturated rings. The molecule has 2 rings (SSSR count). The summed E-state index contributed by atoms with van der Waals surface area (Å²) in [6, 6.07) is 0. The van der Waals surface area contributed by atoms with Gasteiger partial charge in [-0.05, 0) is 18.8 Å². The van der Waals surface area contributed by atoms with Gasteiger partial charge in [0.2, 0.25) is 10.0 Å². The second-order valence-corrected chi connectivity index (χ2v) is 9.93. The van der Waals surface area contributed by atoms with Crippen molar-refractivity contribution in [2.45, 2.75) is 48.5 Å². The number of ether oxygens (including phenoxy) is 2. The Bertz CT molecular complexity index is 763.